The maximum absolute atomic E-state index is 11.1. The van der Waals surface area contributed by atoms with E-state index in [0.29, 0.717) is 5.75 Å². The molecule has 0 aliphatic carbocycles. The quantitative estimate of drug-likeness (QED) is 0.691. The number of benzene rings is 3. The molecule has 0 bridgehead atoms. The van der Waals surface area contributed by atoms with Crippen molar-refractivity contribution >= 4 is 5.97 Å². The zero-order valence-corrected chi connectivity index (χ0v) is 14.2. The second kappa shape index (κ2) is 7.61. The number of carboxylic acid groups (broad SMARTS) is 1. The number of ether oxygens (including phenoxy) is 2. The molecule has 0 aliphatic heterocycles. The molecule has 0 amide bonds. The molecule has 0 unspecified atom stereocenters. The Morgan fingerprint density at radius 3 is 2.38 bits per heavy atom. The number of rotatable bonds is 6. The van der Waals surface area contributed by atoms with Crippen LogP contribution >= 0.6 is 0 Å². The summed E-state index contributed by atoms with van der Waals surface area (Å²) in [5.41, 5.74) is 2.81. The summed E-state index contributed by atoms with van der Waals surface area (Å²) in [5, 5.41) is 18.6. The molecule has 0 heterocycles. The molecule has 0 saturated carbocycles. The average molecular weight is 350 g/mol. The smallest absolute Gasteiger partial charge is 0.339 e. The van der Waals surface area contributed by atoms with Crippen LogP contribution in [-0.4, -0.2) is 23.3 Å². The molecule has 0 spiro atoms. The van der Waals surface area contributed by atoms with Crippen LogP contribution in [0.1, 0.15) is 15.9 Å². The highest BCUT2D eigenvalue weighted by atomic mass is 16.5. The molecule has 5 nitrogen and oxygen atoms in total. The van der Waals surface area contributed by atoms with Gasteiger partial charge in [-0.2, -0.15) is 0 Å². The molecule has 3 aromatic carbocycles. The zero-order chi connectivity index (χ0) is 18.5. The number of methoxy groups -OCH3 is 1. The second-order valence-electron chi connectivity index (χ2n) is 5.71. The second-order valence-corrected chi connectivity index (χ2v) is 5.71. The lowest BCUT2D eigenvalue weighted by atomic mass is 10.0. The molecule has 26 heavy (non-hydrogen) atoms. The van der Waals surface area contributed by atoms with Crippen molar-refractivity contribution in [2.24, 2.45) is 0 Å². The van der Waals surface area contributed by atoms with E-state index in [-0.39, 0.29) is 17.9 Å². The van der Waals surface area contributed by atoms with Gasteiger partial charge in [0.15, 0.2) is 0 Å². The van der Waals surface area contributed by atoms with Crippen molar-refractivity contribution < 1.29 is 24.5 Å². The van der Waals surface area contributed by atoms with Gasteiger partial charge in [-0.05, 0) is 53.1 Å². The van der Waals surface area contributed by atoms with Crippen LogP contribution in [0.5, 0.6) is 17.2 Å². The van der Waals surface area contributed by atoms with E-state index in [4.69, 9.17) is 14.6 Å². The lowest BCUT2D eigenvalue weighted by Crippen LogP contribution is -2.00. The number of carboxylic acids is 1. The lowest BCUT2D eigenvalue weighted by Gasteiger charge is -2.10. The van der Waals surface area contributed by atoms with E-state index >= 15 is 0 Å². The van der Waals surface area contributed by atoms with Gasteiger partial charge >= 0.3 is 5.97 Å². The minimum absolute atomic E-state index is 0.187. The van der Waals surface area contributed by atoms with Crippen molar-refractivity contribution in [2.75, 3.05) is 7.11 Å². The summed E-state index contributed by atoms with van der Waals surface area (Å²) in [7, 11) is 1.63. The number of hydrogen-bond donors (Lipinski definition) is 2. The first-order valence-electron chi connectivity index (χ1n) is 7.99. The fourth-order valence-electron chi connectivity index (χ4n) is 2.59. The molecule has 0 fully saturated rings. The van der Waals surface area contributed by atoms with Crippen LogP contribution in [0.25, 0.3) is 11.1 Å². The Balaban J connectivity index is 1.77. The summed E-state index contributed by atoms with van der Waals surface area (Å²) >= 11 is 0. The molecule has 5 heteroatoms. The van der Waals surface area contributed by atoms with Gasteiger partial charge in [0.2, 0.25) is 0 Å². The maximum atomic E-state index is 11.1. The highest BCUT2D eigenvalue weighted by Gasteiger charge is 2.11. The van der Waals surface area contributed by atoms with Gasteiger partial charge in [0, 0.05) is 0 Å². The normalized spacial score (nSPS) is 10.3. The highest BCUT2D eigenvalue weighted by Crippen LogP contribution is 2.26. The third kappa shape index (κ3) is 3.95. The Morgan fingerprint density at radius 1 is 0.923 bits per heavy atom. The average Bonchev–Trinajstić information content (AvgIpc) is 2.67. The van der Waals surface area contributed by atoms with Gasteiger partial charge in [-0.3, -0.25) is 0 Å². The van der Waals surface area contributed by atoms with Crippen LogP contribution in [0.2, 0.25) is 0 Å². The van der Waals surface area contributed by atoms with E-state index in [0.717, 1.165) is 22.4 Å². The van der Waals surface area contributed by atoms with Crippen molar-refractivity contribution in [2.45, 2.75) is 6.61 Å². The molecule has 3 aromatic rings. The topological polar surface area (TPSA) is 76.0 Å². The fourth-order valence-corrected chi connectivity index (χ4v) is 2.59. The Morgan fingerprint density at radius 2 is 1.65 bits per heavy atom. The van der Waals surface area contributed by atoms with E-state index in [1.165, 1.54) is 18.2 Å². The SMILES string of the molecule is COc1cccc(-c2cccc(COc3ccc(O)c(C(=O)O)c3)c2)c1. The third-order valence-electron chi connectivity index (χ3n) is 3.93. The van der Waals surface area contributed by atoms with Crippen molar-refractivity contribution in [3.05, 3.63) is 77.9 Å². The summed E-state index contributed by atoms with van der Waals surface area (Å²) in [6, 6.07) is 19.8. The monoisotopic (exact) mass is 350 g/mol. The van der Waals surface area contributed by atoms with Gasteiger partial charge in [-0.1, -0.05) is 30.3 Å². The first kappa shape index (κ1) is 17.4. The number of carbonyl (C=O) groups is 1. The van der Waals surface area contributed by atoms with E-state index in [1.807, 2.05) is 48.5 Å². The molecule has 0 aromatic heterocycles. The molecule has 132 valence electrons. The van der Waals surface area contributed by atoms with Crippen molar-refractivity contribution in [3.8, 4) is 28.4 Å². The molecular formula is C21H18O5. The standard InChI is InChI=1S/C21H18O5/c1-25-17-7-3-6-16(11-17)15-5-2-4-14(10-15)13-26-18-8-9-20(22)19(12-18)21(23)24/h2-12,22H,13H2,1H3,(H,23,24). The maximum Gasteiger partial charge on any atom is 0.339 e. The van der Waals surface area contributed by atoms with E-state index in [2.05, 4.69) is 0 Å². The summed E-state index contributed by atoms with van der Waals surface area (Å²) in [6.45, 7) is 0.279. The molecule has 0 radical (unpaired) electrons. The summed E-state index contributed by atoms with van der Waals surface area (Å²) in [6.07, 6.45) is 0. The first-order valence-corrected chi connectivity index (χ1v) is 7.99. The van der Waals surface area contributed by atoms with Gasteiger partial charge in [0.25, 0.3) is 0 Å². The Hall–Kier alpha value is -3.47. The van der Waals surface area contributed by atoms with Crippen molar-refractivity contribution in [3.63, 3.8) is 0 Å². The van der Waals surface area contributed by atoms with Gasteiger partial charge in [-0.25, -0.2) is 4.79 Å². The van der Waals surface area contributed by atoms with E-state index in [1.54, 1.807) is 7.11 Å². The van der Waals surface area contributed by atoms with Crippen LogP contribution in [0.3, 0.4) is 0 Å². The molecule has 0 aliphatic rings. The largest absolute Gasteiger partial charge is 0.507 e. The number of aromatic hydroxyl groups is 1. The minimum Gasteiger partial charge on any atom is -0.507 e. The number of hydrogen-bond acceptors (Lipinski definition) is 4. The summed E-state index contributed by atoms with van der Waals surface area (Å²) < 4.78 is 10.9. The van der Waals surface area contributed by atoms with E-state index in [9.17, 15) is 9.90 Å². The third-order valence-corrected chi connectivity index (χ3v) is 3.93. The van der Waals surface area contributed by atoms with Crippen LogP contribution in [0.15, 0.2) is 66.7 Å². The minimum atomic E-state index is -1.20. The van der Waals surface area contributed by atoms with Gasteiger partial charge < -0.3 is 19.7 Å². The first-order chi connectivity index (χ1) is 12.6. The van der Waals surface area contributed by atoms with Crippen molar-refractivity contribution in [1.29, 1.82) is 0 Å². The van der Waals surface area contributed by atoms with Gasteiger partial charge in [0.05, 0.1) is 7.11 Å². The molecule has 3 rings (SSSR count). The lowest BCUT2D eigenvalue weighted by molar-refractivity contribution is 0.0693. The highest BCUT2D eigenvalue weighted by molar-refractivity contribution is 5.91. The number of phenols is 1. The Labute approximate surface area is 151 Å². The predicted molar refractivity (Wildman–Crippen MR) is 97.8 cm³/mol. The van der Waals surface area contributed by atoms with Crippen LogP contribution in [0.4, 0.5) is 0 Å². The molecule has 0 atom stereocenters. The Bertz CT molecular complexity index is 933. The van der Waals surface area contributed by atoms with Crippen molar-refractivity contribution in [1.82, 2.24) is 0 Å². The molecule has 2 N–H and O–H groups in total. The molecule has 0 saturated heterocycles. The fraction of sp³-hybridized carbons (Fsp3) is 0.0952. The van der Waals surface area contributed by atoms with Crippen LogP contribution in [0, 0.1) is 0 Å². The number of aromatic carboxylic acids is 1. The summed E-state index contributed by atoms with van der Waals surface area (Å²) in [5.74, 6) is -0.320. The zero-order valence-electron chi connectivity index (χ0n) is 14.2. The predicted octanol–water partition coefficient (Wildman–Crippen LogP) is 4.35. The van der Waals surface area contributed by atoms with Gasteiger partial charge in [0.1, 0.15) is 29.4 Å². The van der Waals surface area contributed by atoms with Crippen LogP contribution < -0.4 is 9.47 Å². The van der Waals surface area contributed by atoms with E-state index < -0.39 is 5.97 Å². The summed E-state index contributed by atoms with van der Waals surface area (Å²) in [4.78, 5) is 11.1. The Kier molecular flexibility index (Phi) is 5.08. The molecular weight excluding hydrogens is 332 g/mol. The van der Waals surface area contributed by atoms with Gasteiger partial charge in [-0.15, -0.1) is 0 Å². The van der Waals surface area contributed by atoms with Crippen LogP contribution in [-0.2, 0) is 6.61 Å².